The SMILES string of the molecule is COc1ccc(S(=O)(=O)NCc2ccc3nc[nH]c3c2)c(OC)c1. The summed E-state index contributed by atoms with van der Waals surface area (Å²) in [7, 11) is -0.799. The number of hydrogen-bond donors (Lipinski definition) is 2. The molecule has 0 saturated heterocycles. The van der Waals surface area contributed by atoms with Crippen LogP contribution in [0.25, 0.3) is 11.0 Å². The molecule has 0 saturated carbocycles. The van der Waals surface area contributed by atoms with Crippen LogP contribution in [0.5, 0.6) is 11.5 Å². The molecular formula is C16H17N3O4S. The monoisotopic (exact) mass is 347 g/mol. The van der Waals surface area contributed by atoms with Gasteiger partial charge in [0.05, 0.1) is 31.6 Å². The van der Waals surface area contributed by atoms with Crippen LogP contribution in [0, 0.1) is 0 Å². The Bertz CT molecular complexity index is 966. The predicted molar refractivity (Wildman–Crippen MR) is 89.7 cm³/mol. The lowest BCUT2D eigenvalue weighted by Gasteiger charge is -2.12. The highest BCUT2D eigenvalue weighted by atomic mass is 32.2. The molecule has 1 heterocycles. The Morgan fingerprint density at radius 1 is 1.12 bits per heavy atom. The minimum Gasteiger partial charge on any atom is -0.497 e. The fourth-order valence-electron chi connectivity index (χ4n) is 2.35. The van der Waals surface area contributed by atoms with Gasteiger partial charge < -0.3 is 14.5 Å². The Hall–Kier alpha value is -2.58. The maximum absolute atomic E-state index is 12.5. The maximum atomic E-state index is 12.5. The van der Waals surface area contributed by atoms with Crippen LogP contribution >= 0.6 is 0 Å². The first-order valence-electron chi connectivity index (χ1n) is 7.17. The Morgan fingerprint density at radius 3 is 2.71 bits per heavy atom. The van der Waals surface area contributed by atoms with Crippen molar-refractivity contribution in [1.82, 2.24) is 14.7 Å². The third-order valence-corrected chi connectivity index (χ3v) is 5.05. The molecular weight excluding hydrogens is 330 g/mol. The van der Waals surface area contributed by atoms with Crippen LogP contribution in [0.2, 0.25) is 0 Å². The molecule has 0 amide bonds. The van der Waals surface area contributed by atoms with E-state index in [0.29, 0.717) is 5.75 Å². The summed E-state index contributed by atoms with van der Waals surface area (Å²) in [6.45, 7) is 0.159. The van der Waals surface area contributed by atoms with Crippen molar-refractivity contribution in [3.05, 3.63) is 48.3 Å². The molecule has 8 heteroatoms. The van der Waals surface area contributed by atoms with Gasteiger partial charge in [-0.05, 0) is 29.8 Å². The standard InChI is InChI=1S/C16H17N3O4S/c1-22-12-4-6-16(15(8-12)23-2)24(20,21)19-9-11-3-5-13-14(7-11)18-10-17-13/h3-8,10,19H,9H2,1-2H3,(H,17,18). The van der Waals surface area contributed by atoms with Gasteiger partial charge in [-0.3, -0.25) is 0 Å². The highest BCUT2D eigenvalue weighted by molar-refractivity contribution is 7.89. The van der Waals surface area contributed by atoms with Crippen molar-refractivity contribution in [3.63, 3.8) is 0 Å². The average Bonchev–Trinajstić information content (AvgIpc) is 3.07. The van der Waals surface area contributed by atoms with Crippen molar-refractivity contribution in [1.29, 1.82) is 0 Å². The van der Waals surface area contributed by atoms with E-state index in [9.17, 15) is 8.42 Å². The van der Waals surface area contributed by atoms with Crippen LogP contribution in [0.1, 0.15) is 5.56 Å². The van der Waals surface area contributed by atoms with Crippen LogP contribution < -0.4 is 14.2 Å². The number of hydrogen-bond acceptors (Lipinski definition) is 5. The lowest BCUT2D eigenvalue weighted by atomic mass is 10.2. The molecule has 0 unspecified atom stereocenters. The lowest BCUT2D eigenvalue weighted by Crippen LogP contribution is -2.23. The highest BCUT2D eigenvalue weighted by Gasteiger charge is 2.20. The van der Waals surface area contributed by atoms with E-state index >= 15 is 0 Å². The molecule has 0 aliphatic carbocycles. The van der Waals surface area contributed by atoms with Crippen LogP contribution in [-0.4, -0.2) is 32.6 Å². The molecule has 3 rings (SSSR count). The van der Waals surface area contributed by atoms with Gasteiger partial charge in [0, 0.05) is 12.6 Å². The fraction of sp³-hybridized carbons (Fsp3) is 0.188. The first kappa shape index (κ1) is 16.3. The van der Waals surface area contributed by atoms with E-state index in [1.54, 1.807) is 12.4 Å². The zero-order valence-electron chi connectivity index (χ0n) is 13.2. The summed E-state index contributed by atoms with van der Waals surface area (Å²) in [6, 6.07) is 10.1. The van der Waals surface area contributed by atoms with Gasteiger partial charge in [0.2, 0.25) is 10.0 Å². The molecule has 0 radical (unpaired) electrons. The maximum Gasteiger partial charge on any atom is 0.244 e. The van der Waals surface area contributed by atoms with Gasteiger partial charge in [0.25, 0.3) is 0 Å². The third kappa shape index (κ3) is 3.19. The van der Waals surface area contributed by atoms with Crippen molar-refractivity contribution in [3.8, 4) is 11.5 Å². The number of H-pyrrole nitrogens is 1. The molecule has 0 spiro atoms. The number of aromatic amines is 1. The second-order valence-corrected chi connectivity index (χ2v) is 6.83. The molecule has 0 fully saturated rings. The average molecular weight is 347 g/mol. The number of ether oxygens (including phenoxy) is 2. The van der Waals surface area contributed by atoms with E-state index in [4.69, 9.17) is 9.47 Å². The van der Waals surface area contributed by atoms with Crippen molar-refractivity contribution >= 4 is 21.1 Å². The summed E-state index contributed by atoms with van der Waals surface area (Å²) in [6.07, 6.45) is 1.60. The second kappa shape index (κ2) is 6.50. The molecule has 2 N–H and O–H groups in total. The fourth-order valence-corrected chi connectivity index (χ4v) is 3.51. The largest absolute Gasteiger partial charge is 0.497 e. The molecule has 0 aliphatic heterocycles. The summed E-state index contributed by atoms with van der Waals surface area (Å²) in [4.78, 5) is 7.19. The Labute approximate surface area is 139 Å². The summed E-state index contributed by atoms with van der Waals surface area (Å²) < 4.78 is 37.9. The third-order valence-electron chi connectivity index (χ3n) is 3.61. The summed E-state index contributed by atoms with van der Waals surface area (Å²) >= 11 is 0. The number of nitrogens with one attached hydrogen (secondary N) is 2. The predicted octanol–water partition coefficient (Wildman–Crippen LogP) is 2.06. The number of methoxy groups -OCH3 is 2. The Morgan fingerprint density at radius 2 is 1.96 bits per heavy atom. The van der Waals surface area contributed by atoms with Crippen LogP contribution in [0.15, 0.2) is 47.6 Å². The first-order valence-corrected chi connectivity index (χ1v) is 8.65. The van der Waals surface area contributed by atoms with Gasteiger partial charge in [0.1, 0.15) is 16.4 Å². The highest BCUT2D eigenvalue weighted by Crippen LogP contribution is 2.28. The van der Waals surface area contributed by atoms with Crippen molar-refractivity contribution < 1.29 is 17.9 Å². The van der Waals surface area contributed by atoms with Crippen LogP contribution in [0.4, 0.5) is 0 Å². The molecule has 0 bridgehead atoms. The van der Waals surface area contributed by atoms with E-state index in [1.807, 2.05) is 18.2 Å². The molecule has 3 aromatic rings. The van der Waals surface area contributed by atoms with Gasteiger partial charge in [-0.1, -0.05) is 6.07 Å². The van der Waals surface area contributed by atoms with Gasteiger partial charge >= 0.3 is 0 Å². The topological polar surface area (TPSA) is 93.3 Å². The minimum absolute atomic E-state index is 0.0634. The second-order valence-electron chi connectivity index (χ2n) is 5.10. The number of imidazole rings is 1. The smallest absolute Gasteiger partial charge is 0.244 e. The van der Waals surface area contributed by atoms with Crippen molar-refractivity contribution in [2.45, 2.75) is 11.4 Å². The molecule has 24 heavy (non-hydrogen) atoms. The number of rotatable bonds is 6. The summed E-state index contributed by atoms with van der Waals surface area (Å²) in [5, 5.41) is 0. The molecule has 2 aromatic carbocycles. The van der Waals surface area contributed by atoms with Crippen molar-refractivity contribution in [2.24, 2.45) is 0 Å². The quantitative estimate of drug-likeness (QED) is 0.712. The summed E-state index contributed by atoms with van der Waals surface area (Å²) in [5.74, 6) is 0.751. The van der Waals surface area contributed by atoms with E-state index in [-0.39, 0.29) is 17.2 Å². The Balaban J connectivity index is 1.83. The van der Waals surface area contributed by atoms with E-state index < -0.39 is 10.0 Å². The molecule has 0 atom stereocenters. The number of aromatic nitrogens is 2. The Kier molecular flexibility index (Phi) is 4.41. The molecule has 0 aliphatic rings. The first-order chi connectivity index (χ1) is 11.5. The minimum atomic E-state index is -3.72. The van der Waals surface area contributed by atoms with Gasteiger partial charge in [-0.15, -0.1) is 0 Å². The lowest BCUT2D eigenvalue weighted by molar-refractivity contribution is 0.386. The number of fused-ring (bicyclic) bond motifs is 1. The normalized spacial score (nSPS) is 11.6. The van der Waals surface area contributed by atoms with Gasteiger partial charge in [0.15, 0.2) is 0 Å². The number of benzene rings is 2. The number of sulfonamides is 1. The van der Waals surface area contributed by atoms with E-state index in [1.165, 1.54) is 26.4 Å². The van der Waals surface area contributed by atoms with Crippen molar-refractivity contribution in [2.75, 3.05) is 14.2 Å². The molecule has 126 valence electrons. The van der Waals surface area contributed by atoms with E-state index in [0.717, 1.165) is 16.6 Å². The summed E-state index contributed by atoms with van der Waals surface area (Å²) in [5.41, 5.74) is 2.51. The number of nitrogens with zero attached hydrogens (tertiary/aromatic N) is 1. The van der Waals surface area contributed by atoms with E-state index in [2.05, 4.69) is 14.7 Å². The zero-order chi connectivity index (χ0) is 17.2. The van der Waals surface area contributed by atoms with Crippen LogP contribution in [-0.2, 0) is 16.6 Å². The van der Waals surface area contributed by atoms with Gasteiger partial charge in [-0.25, -0.2) is 18.1 Å². The van der Waals surface area contributed by atoms with Crippen LogP contribution in [0.3, 0.4) is 0 Å². The molecule has 1 aromatic heterocycles. The molecule has 7 nitrogen and oxygen atoms in total. The van der Waals surface area contributed by atoms with Gasteiger partial charge in [-0.2, -0.15) is 0 Å². The zero-order valence-corrected chi connectivity index (χ0v) is 14.1.